The van der Waals surface area contributed by atoms with E-state index in [4.69, 9.17) is 17.2 Å². The fourth-order valence-electron chi connectivity index (χ4n) is 4.63. The number of aromatic nitrogens is 9. The van der Waals surface area contributed by atoms with Gasteiger partial charge in [0.25, 0.3) is 0 Å². The van der Waals surface area contributed by atoms with Crippen molar-refractivity contribution in [1.29, 1.82) is 0 Å². The lowest BCUT2D eigenvalue weighted by Crippen LogP contribution is -1.99. The number of anilines is 3. The lowest BCUT2D eigenvalue weighted by Gasteiger charge is -2.02. The van der Waals surface area contributed by atoms with Crippen LogP contribution in [0.1, 0.15) is 0 Å². The summed E-state index contributed by atoms with van der Waals surface area (Å²) < 4.78 is 2.97. The third-order valence-electron chi connectivity index (χ3n) is 6.93. The highest BCUT2D eigenvalue weighted by Crippen LogP contribution is 2.18. The van der Waals surface area contributed by atoms with Gasteiger partial charge in [0.2, 0.25) is 0 Å². The molecule has 9 aromatic rings. The molecule has 9 rings (SSSR count). The number of hydrogen-bond acceptors (Lipinski definition) is 9. The Morgan fingerprint density at radius 3 is 1.53 bits per heavy atom. The number of para-hydroxylation sites is 3. The number of nitrogens with one attached hydrogen (secondary N) is 1. The van der Waals surface area contributed by atoms with Gasteiger partial charge in [0, 0.05) is 20.6 Å². The van der Waals surface area contributed by atoms with Crippen LogP contribution in [0.25, 0.3) is 44.5 Å². The van der Waals surface area contributed by atoms with Gasteiger partial charge in [0.15, 0.2) is 0 Å². The number of fused-ring (bicyclic) bond motifs is 3. The third-order valence-corrected chi connectivity index (χ3v) is 7.60. The summed E-state index contributed by atoms with van der Waals surface area (Å²) in [5.74, 6) is 0. The number of benzene rings is 6. The van der Waals surface area contributed by atoms with Crippen molar-refractivity contribution in [3.8, 4) is 11.4 Å². The second kappa shape index (κ2) is 15.5. The molecule has 0 amide bonds. The van der Waals surface area contributed by atoms with Crippen LogP contribution in [0, 0.1) is 3.57 Å². The Morgan fingerprint density at radius 1 is 0.490 bits per heavy atom. The highest BCUT2D eigenvalue weighted by Gasteiger charge is 2.05. The van der Waals surface area contributed by atoms with E-state index in [9.17, 15) is 0 Å². The maximum Gasteiger partial charge on any atom is 0.113 e. The summed E-state index contributed by atoms with van der Waals surface area (Å²) in [6.45, 7) is 0. The number of nitrogen functional groups attached to an aromatic ring is 3. The minimum Gasteiger partial charge on any atom is -0.399 e. The minimum absolute atomic E-state index is 0.707. The monoisotopic (exact) mass is 758 g/mol. The molecule has 0 aliphatic carbocycles. The lowest BCUT2D eigenvalue weighted by molar-refractivity contribution is 0.766. The molecular formula is C36H31IN12. The van der Waals surface area contributed by atoms with Crippen molar-refractivity contribution in [1.82, 2.24) is 45.4 Å². The van der Waals surface area contributed by atoms with Gasteiger partial charge in [0.1, 0.15) is 27.6 Å². The van der Waals surface area contributed by atoms with Crippen LogP contribution < -0.4 is 17.2 Å². The first-order valence-electron chi connectivity index (χ1n) is 15.0. The summed E-state index contributed by atoms with van der Waals surface area (Å²) in [4.78, 5) is 1.60. The number of nitrogens with zero attached hydrogens (tertiary/aromatic N) is 8. The van der Waals surface area contributed by atoms with Crippen molar-refractivity contribution in [3.63, 3.8) is 0 Å². The molecule has 49 heavy (non-hydrogen) atoms. The molecule has 242 valence electrons. The first kappa shape index (κ1) is 32.6. The predicted octanol–water partition coefficient (Wildman–Crippen LogP) is 6.84. The van der Waals surface area contributed by atoms with Gasteiger partial charge in [-0.2, -0.15) is 20.2 Å². The van der Waals surface area contributed by atoms with Gasteiger partial charge >= 0.3 is 0 Å². The van der Waals surface area contributed by atoms with E-state index in [1.54, 1.807) is 9.48 Å². The molecule has 0 unspecified atom stereocenters. The highest BCUT2D eigenvalue weighted by molar-refractivity contribution is 14.1. The molecule has 0 spiro atoms. The van der Waals surface area contributed by atoms with E-state index in [1.165, 1.54) is 3.57 Å². The van der Waals surface area contributed by atoms with E-state index in [0.717, 1.165) is 55.8 Å². The summed E-state index contributed by atoms with van der Waals surface area (Å²) in [6, 6.07) is 46.1. The van der Waals surface area contributed by atoms with Gasteiger partial charge in [-0.3, -0.25) is 0 Å². The Hall–Kier alpha value is -6.35. The number of rotatable bonds is 2. The number of nitrogens with two attached hydrogens (primary N) is 3. The molecule has 7 N–H and O–H groups in total. The van der Waals surface area contributed by atoms with Crippen molar-refractivity contribution >= 4 is 72.8 Å². The fraction of sp³-hybridized carbons (Fsp3) is 0. The van der Waals surface area contributed by atoms with E-state index in [2.05, 4.69) is 58.5 Å². The van der Waals surface area contributed by atoms with Crippen LogP contribution in [-0.2, 0) is 0 Å². The van der Waals surface area contributed by atoms with E-state index >= 15 is 0 Å². The topological polar surface area (TPSA) is 181 Å². The molecule has 3 aromatic heterocycles. The van der Waals surface area contributed by atoms with Crippen molar-refractivity contribution in [2.24, 2.45) is 0 Å². The molecule has 0 aliphatic heterocycles. The standard InChI is InChI=1S/2C12H10N4.C6H6IN.C6H5N3/c13-9-4-3-5-10(8-9)16-12-7-2-1-6-11(12)14-15-16;13-9-4-3-5-10(8-9)16-14-11-6-1-2-7-12(11)15-16;7-5-2-1-3-6(8)4-5;1-2-4-6-5(3-1)7-9-8-6/h2*1-8H,13H2;1-4H,8H2;1-4H,(H,7,8,9). The lowest BCUT2D eigenvalue weighted by atomic mass is 10.2. The summed E-state index contributed by atoms with van der Waals surface area (Å²) >= 11 is 2.23. The molecule has 0 aliphatic rings. The molecule has 12 nitrogen and oxygen atoms in total. The van der Waals surface area contributed by atoms with Crippen LogP contribution >= 0.6 is 22.6 Å². The van der Waals surface area contributed by atoms with Gasteiger partial charge in [0.05, 0.1) is 16.9 Å². The van der Waals surface area contributed by atoms with Crippen molar-refractivity contribution < 1.29 is 0 Å². The zero-order valence-corrected chi connectivity index (χ0v) is 28.2. The van der Waals surface area contributed by atoms with Gasteiger partial charge in [-0.15, -0.1) is 15.3 Å². The first-order chi connectivity index (χ1) is 23.9. The summed E-state index contributed by atoms with van der Waals surface area (Å²) in [6.07, 6.45) is 0. The Bertz CT molecular complexity index is 2340. The number of aromatic amines is 1. The smallest absolute Gasteiger partial charge is 0.113 e. The maximum absolute atomic E-state index is 5.75. The third kappa shape index (κ3) is 8.52. The SMILES string of the molecule is Nc1cccc(-n2nc3ccccc3n2)c1.Nc1cccc(-n2nnc3ccccc32)c1.Nc1cccc(I)c1.c1ccc2n[nH]nc2c1. The van der Waals surface area contributed by atoms with Gasteiger partial charge in [-0.25, -0.2) is 4.68 Å². The first-order valence-corrected chi connectivity index (χ1v) is 16.1. The zero-order valence-electron chi connectivity index (χ0n) is 26.0. The van der Waals surface area contributed by atoms with Crippen molar-refractivity contribution in [2.75, 3.05) is 17.2 Å². The molecule has 0 saturated carbocycles. The summed E-state index contributed by atoms with van der Waals surface area (Å²) in [5, 5.41) is 27.3. The number of hydrogen-bond donors (Lipinski definition) is 4. The molecule has 3 heterocycles. The second-order valence-corrected chi connectivity index (χ2v) is 11.8. The van der Waals surface area contributed by atoms with Crippen LogP contribution in [0.3, 0.4) is 0 Å². The van der Waals surface area contributed by atoms with Gasteiger partial charge < -0.3 is 17.2 Å². The van der Waals surface area contributed by atoms with Crippen molar-refractivity contribution in [2.45, 2.75) is 0 Å². The Kier molecular flexibility index (Phi) is 10.3. The number of halogens is 1. The predicted molar refractivity (Wildman–Crippen MR) is 204 cm³/mol. The molecule has 0 saturated heterocycles. The van der Waals surface area contributed by atoms with Crippen LogP contribution in [-0.4, -0.2) is 45.4 Å². The summed E-state index contributed by atoms with van der Waals surface area (Å²) in [5.41, 5.74) is 26.4. The van der Waals surface area contributed by atoms with E-state index in [0.29, 0.717) is 5.69 Å². The average molecular weight is 759 g/mol. The minimum atomic E-state index is 0.707. The average Bonchev–Trinajstić information content (AvgIpc) is 3.88. The molecule has 0 radical (unpaired) electrons. The van der Waals surface area contributed by atoms with Gasteiger partial charge in [-0.05, 0) is 114 Å². The molecule has 0 bridgehead atoms. The summed E-state index contributed by atoms with van der Waals surface area (Å²) in [7, 11) is 0. The fourth-order valence-corrected chi connectivity index (χ4v) is 5.20. The Balaban J connectivity index is 0.000000118. The van der Waals surface area contributed by atoms with Gasteiger partial charge in [-0.1, -0.05) is 59.8 Å². The van der Waals surface area contributed by atoms with E-state index < -0.39 is 0 Å². The number of H-pyrrole nitrogens is 1. The Morgan fingerprint density at radius 2 is 0.980 bits per heavy atom. The zero-order chi connectivity index (χ0) is 34.0. The van der Waals surface area contributed by atoms with E-state index in [-0.39, 0.29) is 0 Å². The van der Waals surface area contributed by atoms with Crippen LogP contribution in [0.4, 0.5) is 17.1 Å². The Labute approximate surface area is 294 Å². The molecular weight excluding hydrogens is 727 g/mol. The molecule has 13 heteroatoms. The largest absolute Gasteiger partial charge is 0.399 e. The van der Waals surface area contributed by atoms with Crippen molar-refractivity contribution in [3.05, 3.63) is 149 Å². The maximum atomic E-state index is 5.75. The van der Waals surface area contributed by atoms with E-state index in [1.807, 2.05) is 146 Å². The van der Waals surface area contributed by atoms with Crippen LogP contribution in [0.15, 0.2) is 146 Å². The second-order valence-electron chi connectivity index (χ2n) is 10.5. The quantitative estimate of drug-likeness (QED) is 0.108. The molecule has 0 fully saturated rings. The highest BCUT2D eigenvalue weighted by atomic mass is 127. The normalized spacial score (nSPS) is 10.4. The van der Waals surface area contributed by atoms with Crippen LogP contribution in [0.2, 0.25) is 0 Å². The molecule has 6 aromatic carbocycles. The van der Waals surface area contributed by atoms with Crippen LogP contribution in [0.5, 0.6) is 0 Å². The molecule has 0 atom stereocenters.